The number of methoxy groups -OCH3 is 1. The Morgan fingerprint density at radius 2 is 1.36 bits per heavy atom. The van der Waals surface area contributed by atoms with Crippen LogP contribution in [0.5, 0.6) is 0 Å². The molecule has 22 heavy (non-hydrogen) atoms. The number of ether oxygens (including phenoxy) is 1. The van der Waals surface area contributed by atoms with Crippen LogP contribution >= 0.6 is 0 Å². The molecule has 0 saturated heterocycles. The van der Waals surface area contributed by atoms with E-state index in [1.807, 2.05) is 0 Å². The average molecular weight is 314 g/mol. The van der Waals surface area contributed by atoms with Crippen molar-refractivity contribution in [2.24, 2.45) is 0 Å². The lowest BCUT2D eigenvalue weighted by molar-refractivity contribution is -0.159. The van der Waals surface area contributed by atoms with Crippen LogP contribution in [-0.2, 0) is 15.1 Å². The first-order valence-electron chi connectivity index (χ1n) is 6.02. The Labute approximate surface area is 122 Å². The quantitative estimate of drug-likeness (QED) is 0.700. The third-order valence-electron chi connectivity index (χ3n) is 3.12. The molecule has 2 rings (SSSR count). The smallest absolute Gasteiger partial charge is 0.347 e. The van der Waals surface area contributed by atoms with Gasteiger partial charge in [0.05, 0.1) is 7.11 Å². The second-order valence-corrected chi connectivity index (χ2v) is 4.45. The molecule has 116 valence electrons. The van der Waals surface area contributed by atoms with Crippen LogP contribution in [0.2, 0.25) is 0 Å². The molecule has 0 heterocycles. The van der Waals surface area contributed by atoms with Crippen LogP contribution in [0.4, 0.5) is 17.6 Å². The summed E-state index contributed by atoms with van der Waals surface area (Å²) in [5, 5.41) is 10.6. The van der Waals surface area contributed by atoms with Crippen molar-refractivity contribution in [1.82, 2.24) is 0 Å². The minimum Gasteiger partial charge on any atom is -0.466 e. The number of esters is 1. The number of benzene rings is 2. The third kappa shape index (κ3) is 2.55. The summed E-state index contributed by atoms with van der Waals surface area (Å²) in [6.45, 7) is 0. The minimum absolute atomic E-state index is 0.421. The molecule has 0 fully saturated rings. The largest absolute Gasteiger partial charge is 0.466 e. The fourth-order valence-corrected chi connectivity index (χ4v) is 2.08. The fourth-order valence-electron chi connectivity index (χ4n) is 2.08. The zero-order valence-corrected chi connectivity index (χ0v) is 11.2. The van der Waals surface area contributed by atoms with E-state index in [0.29, 0.717) is 12.1 Å². The first-order valence-corrected chi connectivity index (χ1v) is 6.02. The number of hydrogen-bond donors (Lipinski definition) is 1. The standard InChI is InChI=1S/C15H10F4O3/c1-22-14(20)15(21,10-4-2-8(16)6-12(10)18)11-5-3-9(17)7-13(11)19/h2-7,21H,1H3. The van der Waals surface area contributed by atoms with Crippen molar-refractivity contribution < 1.29 is 32.2 Å². The van der Waals surface area contributed by atoms with Gasteiger partial charge in [-0.05, 0) is 24.3 Å². The summed E-state index contributed by atoms with van der Waals surface area (Å²) in [4.78, 5) is 11.9. The Bertz CT molecular complexity index is 679. The van der Waals surface area contributed by atoms with E-state index in [1.54, 1.807) is 0 Å². The van der Waals surface area contributed by atoms with Crippen LogP contribution in [0.1, 0.15) is 11.1 Å². The Morgan fingerprint density at radius 1 is 0.955 bits per heavy atom. The Morgan fingerprint density at radius 3 is 1.68 bits per heavy atom. The summed E-state index contributed by atoms with van der Waals surface area (Å²) in [7, 11) is 0.899. The summed E-state index contributed by atoms with van der Waals surface area (Å²) in [6.07, 6.45) is 0. The van der Waals surface area contributed by atoms with Gasteiger partial charge in [-0.2, -0.15) is 0 Å². The van der Waals surface area contributed by atoms with E-state index in [9.17, 15) is 27.5 Å². The van der Waals surface area contributed by atoms with Gasteiger partial charge in [0.1, 0.15) is 23.3 Å². The van der Waals surface area contributed by atoms with Gasteiger partial charge in [-0.3, -0.25) is 0 Å². The number of carbonyl (C=O) groups is 1. The molecule has 1 N–H and O–H groups in total. The van der Waals surface area contributed by atoms with Crippen molar-refractivity contribution in [2.45, 2.75) is 5.60 Å². The molecule has 7 heteroatoms. The number of rotatable bonds is 3. The van der Waals surface area contributed by atoms with Crippen molar-refractivity contribution in [3.8, 4) is 0 Å². The van der Waals surface area contributed by atoms with Gasteiger partial charge in [-0.1, -0.05) is 0 Å². The summed E-state index contributed by atoms with van der Waals surface area (Å²) >= 11 is 0. The lowest BCUT2D eigenvalue weighted by atomic mass is 9.85. The van der Waals surface area contributed by atoms with Gasteiger partial charge in [0.15, 0.2) is 0 Å². The Balaban J connectivity index is 2.75. The monoisotopic (exact) mass is 314 g/mol. The highest BCUT2D eigenvalue weighted by Crippen LogP contribution is 2.34. The first kappa shape index (κ1) is 16.0. The summed E-state index contributed by atoms with van der Waals surface area (Å²) in [5.74, 6) is -5.86. The second kappa shape index (κ2) is 5.76. The lowest BCUT2D eigenvalue weighted by Gasteiger charge is -2.27. The van der Waals surface area contributed by atoms with Gasteiger partial charge >= 0.3 is 5.97 Å². The molecule has 0 unspecified atom stereocenters. The van der Waals surface area contributed by atoms with Crippen LogP contribution in [0.3, 0.4) is 0 Å². The normalized spacial score (nSPS) is 11.4. The van der Waals surface area contributed by atoms with Crippen LogP contribution in [-0.4, -0.2) is 18.2 Å². The maximum absolute atomic E-state index is 13.9. The summed E-state index contributed by atoms with van der Waals surface area (Å²) in [6, 6.07) is 3.98. The third-order valence-corrected chi connectivity index (χ3v) is 3.12. The molecule has 0 atom stereocenters. The molecule has 0 spiro atoms. The van der Waals surface area contributed by atoms with E-state index >= 15 is 0 Å². The van der Waals surface area contributed by atoms with Crippen molar-refractivity contribution >= 4 is 5.97 Å². The summed E-state index contributed by atoms with van der Waals surface area (Å²) < 4.78 is 58.2. The molecule has 2 aromatic carbocycles. The van der Waals surface area contributed by atoms with Gasteiger partial charge in [0, 0.05) is 23.3 Å². The zero-order chi connectivity index (χ0) is 16.5. The molecule has 0 radical (unpaired) electrons. The fraction of sp³-hybridized carbons (Fsp3) is 0.133. The zero-order valence-electron chi connectivity index (χ0n) is 11.2. The summed E-state index contributed by atoms with van der Waals surface area (Å²) in [5.41, 5.74) is -4.32. The van der Waals surface area contributed by atoms with Crippen LogP contribution in [0, 0.1) is 23.3 Å². The van der Waals surface area contributed by atoms with Crippen molar-refractivity contribution in [1.29, 1.82) is 0 Å². The molecule has 0 aliphatic carbocycles. The highest BCUT2D eigenvalue weighted by Gasteiger charge is 2.45. The van der Waals surface area contributed by atoms with E-state index in [2.05, 4.69) is 4.74 Å². The van der Waals surface area contributed by atoms with Gasteiger partial charge < -0.3 is 9.84 Å². The van der Waals surface area contributed by atoms with E-state index in [0.717, 1.165) is 31.4 Å². The van der Waals surface area contributed by atoms with Crippen LogP contribution < -0.4 is 0 Å². The van der Waals surface area contributed by atoms with E-state index in [4.69, 9.17) is 0 Å². The van der Waals surface area contributed by atoms with Gasteiger partial charge in [0.25, 0.3) is 0 Å². The molecule has 2 aromatic rings. The maximum atomic E-state index is 13.9. The molecular weight excluding hydrogens is 304 g/mol. The van der Waals surface area contributed by atoms with E-state index < -0.39 is 46.0 Å². The number of carbonyl (C=O) groups excluding carboxylic acids is 1. The minimum atomic E-state index is -2.88. The van der Waals surface area contributed by atoms with Crippen molar-refractivity contribution in [3.05, 3.63) is 70.8 Å². The van der Waals surface area contributed by atoms with Gasteiger partial charge in [-0.15, -0.1) is 0 Å². The highest BCUT2D eigenvalue weighted by molar-refractivity contribution is 5.85. The molecule has 0 aliphatic rings. The molecule has 3 nitrogen and oxygen atoms in total. The van der Waals surface area contributed by atoms with Gasteiger partial charge in [0.2, 0.25) is 5.60 Å². The Hall–Kier alpha value is -2.41. The number of aliphatic hydroxyl groups is 1. The van der Waals surface area contributed by atoms with Crippen molar-refractivity contribution in [3.63, 3.8) is 0 Å². The average Bonchev–Trinajstić information content (AvgIpc) is 2.45. The predicted octanol–water partition coefficient (Wildman–Crippen LogP) is 2.65. The van der Waals surface area contributed by atoms with Crippen LogP contribution in [0.25, 0.3) is 0 Å². The first-order chi connectivity index (χ1) is 10.3. The topological polar surface area (TPSA) is 46.5 Å². The maximum Gasteiger partial charge on any atom is 0.347 e. The molecule has 0 saturated carbocycles. The second-order valence-electron chi connectivity index (χ2n) is 4.45. The SMILES string of the molecule is COC(=O)C(O)(c1ccc(F)cc1F)c1ccc(F)cc1F. The number of halogens is 4. The molecule has 0 bridgehead atoms. The van der Waals surface area contributed by atoms with E-state index in [-0.39, 0.29) is 0 Å². The van der Waals surface area contributed by atoms with Crippen LogP contribution in [0.15, 0.2) is 36.4 Å². The lowest BCUT2D eigenvalue weighted by Crippen LogP contribution is -2.39. The molecule has 0 aliphatic heterocycles. The number of hydrogen-bond acceptors (Lipinski definition) is 3. The van der Waals surface area contributed by atoms with Crippen molar-refractivity contribution in [2.75, 3.05) is 7.11 Å². The molecule has 0 aromatic heterocycles. The molecular formula is C15H10F4O3. The highest BCUT2D eigenvalue weighted by atomic mass is 19.1. The predicted molar refractivity (Wildman–Crippen MR) is 67.7 cm³/mol. The van der Waals surface area contributed by atoms with E-state index in [1.165, 1.54) is 0 Å². The Kier molecular flexibility index (Phi) is 4.18. The van der Waals surface area contributed by atoms with Gasteiger partial charge in [-0.25, -0.2) is 22.4 Å². The molecule has 0 amide bonds.